The molecule has 31 heavy (non-hydrogen) atoms. The predicted molar refractivity (Wildman–Crippen MR) is 121 cm³/mol. The van der Waals surface area contributed by atoms with E-state index in [0.29, 0.717) is 23.5 Å². The van der Waals surface area contributed by atoms with Crippen molar-refractivity contribution in [2.75, 3.05) is 6.61 Å². The Morgan fingerprint density at radius 2 is 1.94 bits per heavy atom. The second kappa shape index (κ2) is 10.7. The molecule has 2 amide bonds. The predicted octanol–water partition coefficient (Wildman–Crippen LogP) is 3.77. The Labute approximate surface area is 183 Å². The number of hydrogen-bond acceptors (Lipinski definition) is 6. The van der Waals surface area contributed by atoms with Crippen molar-refractivity contribution < 1.29 is 19.4 Å². The number of carbonyl (C=O) groups excluding carboxylic acids is 2. The fourth-order valence-electron chi connectivity index (χ4n) is 2.57. The molecule has 158 valence electrons. The van der Waals surface area contributed by atoms with Crippen LogP contribution in [0.25, 0.3) is 6.08 Å². The van der Waals surface area contributed by atoms with Gasteiger partial charge in [0.05, 0.1) is 12.8 Å². The van der Waals surface area contributed by atoms with E-state index in [0.717, 1.165) is 4.88 Å². The van der Waals surface area contributed by atoms with Crippen LogP contribution in [0.5, 0.6) is 11.5 Å². The molecule has 0 saturated carbocycles. The smallest absolute Gasteiger partial charge is 0.287 e. The number of carbonyl (C=O) groups is 2. The number of benzene rings is 2. The third-order valence-corrected chi connectivity index (χ3v) is 4.84. The lowest BCUT2D eigenvalue weighted by molar-refractivity contribution is -0.117. The van der Waals surface area contributed by atoms with Gasteiger partial charge in [-0.1, -0.05) is 24.3 Å². The number of nitrogens with one attached hydrogen (secondary N) is 2. The molecule has 3 N–H and O–H groups in total. The highest BCUT2D eigenvalue weighted by molar-refractivity contribution is 7.10. The van der Waals surface area contributed by atoms with Crippen molar-refractivity contribution in [2.45, 2.75) is 6.92 Å². The van der Waals surface area contributed by atoms with Gasteiger partial charge in [0.1, 0.15) is 5.70 Å². The summed E-state index contributed by atoms with van der Waals surface area (Å²) >= 11 is 1.44. The minimum absolute atomic E-state index is 0.0211. The highest BCUT2D eigenvalue weighted by atomic mass is 32.1. The summed E-state index contributed by atoms with van der Waals surface area (Å²) in [5.74, 6) is -0.626. The second-order valence-corrected chi connectivity index (χ2v) is 7.23. The molecule has 1 aromatic heterocycles. The molecule has 0 spiro atoms. The number of ether oxygens (including phenoxy) is 1. The van der Waals surface area contributed by atoms with E-state index in [9.17, 15) is 14.7 Å². The molecule has 0 unspecified atom stereocenters. The molecule has 2 aromatic carbocycles. The zero-order valence-electron chi connectivity index (χ0n) is 16.7. The van der Waals surface area contributed by atoms with Crippen molar-refractivity contribution in [1.29, 1.82) is 0 Å². The van der Waals surface area contributed by atoms with E-state index in [2.05, 4.69) is 15.8 Å². The lowest BCUT2D eigenvalue weighted by Gasteiger charge is -2.09. The first-order chi connectivity index (χ1) is 15.1. The first-order valence-corrected chi connectivity index (χ1v) is 10.4. The van der Waals surface area contributed by atoms with Crippen LogP contribution >= 0.6 is 11.3 Å². The Kier molecular flexibility index (Phi) is 7.56. The van der Waals surface area contributed by atoms with Crippen LogP contribution in [0.2, 0.25) is 0 Å². The largest absolute Gasteiger partial charge is 0.504 e. The Balaban J connectivity index is 1.73. The van der Waals surface area contributed by atoms with Gasteiger partial charge in [0.15, 0.2) is 11.5 Å². The number of nitrogens with zero attached hydrogens (tertiary/aromatic N) is 1. The average Bonchev–Trinajstić information content (AvgIpc) is 3.29. The summed E-state index contributed by atoms with van der Waals surface area (Å²) in [6.45, 7) is 2.22. The van der Waals surface area contributed by atoms with Gasteiger partial charge in [-0.25, -0.2) is 5.43 Å². The Morgan fingerprint density at radius 3 is 2.65 bits per heavy atom. The number of hydrazone groups is 1. The standard InChI is InChI=1S/C23H21N3O4S/c1-2-30-21-13-16(10-11-20(21)27)15-24-26-23(29)19(14-18-9-6-12-31-18)25-22(28)17-7-4-3-5-8-17/h3-15,27H,2H2,1H3,(H,25,28)(H,26,29)/b19-14+,24-15?. The molecule has 8 heteroatoms. The molecule has 0 aliphatic heterocycles. The molecule has 7 nitrogen and oxygen atoms in total. The number of aromatic hydroxyl groups is 1. The third kappa shape index (κ3) is 6.28. The van der Waals surface area contributed by atoms with Crippen LogP contribution in [-0.4, -0.2) is 29.7 Å². The SMILES string of the molecule is CCOc1cc(C=NNC(=O)/C(=C\c2cccs2)NC(=O)c2ccccc2)ccc1O. The number of rotatable bonds is 8. The summed E-state index contributed by atoms with van der Waals surface area (Å²) in [6.07, 6.45) is 3.01. The molecule has 0 aliphatic rings. The van der Waals surface area contributed by atoms with E-state index in [1.54, 1.807) is 48.5 Å². The lowest BCUT2D eigenvalue weighted by Crippen LogP contribution is -2.32. The van der Waals surface area contributed by atoms with E-state index >= 15 is 0 Å². The van der Waals surface area contributed by atoms with Crippen LogP contribution < -0.4 is 15.5 Å². The Hall–Kier alpha value is -3.91. The van der Waals surface area contributed by atoms with Gasteiger partial charge in [-0.05, 0) is 60.3 Å². The van der Waals surface area contributed by atoms with E-state index in [1.807, 2.05) is 24.4 Å². The summed E-state index contributed by atoms with van der Waals surface area (Å²) in [5.41, 5.74) is 3.54. The normalized spacial score (nSPS) is 11.3. The minimum atomic E-state index is -0.572. The number of amides is 2. The Bertz CT molecular complexity index is 1090. The number of phenolic OH excluding ortho intramolecular Hbond substituents is 1. The summed E-state index contributed by atoms with van der Waals surface area (Å²) in [4.78, 5) is 26.0. The van der Waals surface area contributed by atoms with Gasteiger partial charge in [-0.15, -0.1) is 11.3 Å². The monoisotopic (exact) mass is 435 g/mol. The summed E-state index contributed by atoms with van der Waals surface area (Å²) in [7, 11) is 0. The van der Waals surface area contributed by atoms with Crippen molar-refractivity contribution in [3.63, 3.8) is 0 Å². The second-order valence-electron chi connectivity index (χ2n) is 6.25. The van der Waals surface area contributed by atoms with E-state index in [-0.39, 0.29) is 11.4 Å². The molecule has 1 heterocycles. The highest BCUT2D eigenvalue weighted by Gasteiger charge is 2.14. The maximum Gasteiger partial charge on any atom is 0.287 e. The molecular weight excluding hydrogens is 414 g/mol. The number of thiophene rings is 1. The first kappa shape index (κ1) is 21.8. The van der Waals surface area contributed by atoms with Crippen LogP contribution in [-0.2, 0) is 4.79 Å². The molecule has 0 radical (unpaired) electrons. The Morgan fingerprint density at radius 1 is 1.13 bits per heavy atom. The molecule has 3 rings (SSSR count). The molecule has 3 aromatic rings. The van der Waals surface area contributed by atoms with Crippen LogP contribution in [0, 0.1) is 0 Å². The molecule has 0 aliphatic carbocycles. The van der Waals surface area contributed by atoms with Gasteiger partial charge in [0, 0.05) is 10.4 Å². The third-order valence-electron chi connectivity index (χ3n) is 4.02. The molecule has 0 saturated heterocycles. The maximum atomic E-state index is 12.7. The summed E-state index contributed by atoms with van der Waals surface area (Å²) in [6, 6.07) is 17.0. The summed E-state index contributed by atoms with van der Waals surface area (Å²) < 4.78 is 5.33. The van der Waals surface area contributed by atoms with Crippen molar-refractivity contribution in [3.8, 4) is 11.5 Å². The average molecular weight is 436 g/mol. The topological polar surface area (TPSA) is 100 Å². The van der Waals surface area contributed by atoms with Gasteiger partial charge in [-0.2, -0.15) is 5.10 Å². The molecule has 0 atom stereocenters. The first-order valence-electron chi connectivity index (χ1n) is 9.47. The van der Waals surface area contributed by atoms with Crippen molar-refractivity contribution in [1.82, 2.24) is 10.7 Å². The lowest BCUT2D eigenvalue weighted by atomic mass is 10.2. The maximum absolute atomic E-state index is 12.7. The van der Waals surface area contributed by atoms with Crippen molar-refractivity contribution in [2.24, 2.45) is 5.10 Å². The van der Waals surface area contributed by atoms with Gasteiger partial charge in [-0.3, -0.25) is 9.59 Å². The molecule has 0 fully saturated rings. The van der Waals surface area contributed by atoms with Gasteiger partial charge in [0.2, 0.25) is 0 Å². The van der Waals surface area contributed by atoms with Gasteiger partial charge < -0.3 is 15.2 Å². The zero-order chi connectivity index (χ0) is 22.1. The number of hydrogen-bond donors (Lipinski definition) is 3. The van der Waals surface area contributed by atoms with Gasteiger partial charge in [0.25, 0.3) is 11.8 Å². The van der Waals surface area contributed by atoms with E-state index in [1.165, 1.54) is 23.6 Å². The minimum Gasteiger partial charge on any atom is -0.504 e. The van der Waals surface area contributed by atoms with Gasteiger partial charge >= 0.3 is 0 Å². The molecule has 0 bridgehead atoms. The van der Waals surface area contributed by atoms with Crippen LogP contribution in [0.4, 0.5) is 0 Å². The molecular formula is C23H21N3O4S. The number of phenols is 1. The highest BCUT2D eigenvalue weighted by Crippen LogP contribution is 2.26. The summed E-state index contributed by atoms with van der Waals surface area (Å²) in [5, 5.41) is 18.2. The van der Waals surface area contributed by atoms with E-state index < -0.39 is 11.8 Å². The fourth-order valence-corrected chi connectivity index (χ4v) is 3.22. The van der Waals surface area contributed by atoms with Crippen LogP contribution in [0.3, 0.4) is 0 Å². The van der Waals surface area contributed by atoms with Crippen LogP contribution in [0.1, 0.15) is 27.7 Å². The quantitative estimate of drug-likeness (QED) is 0.285. The fraction of sp³-hybridized carbons (Fsp3) is 0.0870. The van der Waals surface area contributed by atoms with E-state index in [4.69, 9.17) is 4.74 Å². The van der Waals surface area contributed by atoms with Crippen LogP contribution in [0.15, 0.2) is 76.8 Å². The van der Waals surface area contributed by atoms with Crippen molar-refractivity contribution in [3.05, 3.63) is 87.7 Å². The zero-order valence-corrected chi connectivity index (χ0v) is 17.6. The van der Waals surface area contributed by atoms with Crippen molar-refractivity contribution >= 4 is 35.4 Å².